The molecule has 3 saturated carbocycles. The summed E-state index contributed by atoms with van der Waals surface area (Å²) in [6.07, 6.45) is 16.0. The summed E-state index contributed by atoms with van der Waals surface area (Å²) >= 11 is 0. The molecule has 0 aromatic carbocycles. The maximum absolute atomic E-state index is 12.1. The standard InChI is InChI=1S/C31H50O4/c1-20(2)7-6-8-21(3)25-11-12-26-24-10-9-22-19-23(35-29(34)14-13-28(32)33)15-17-30(22,4)27(24)16-18-31(25,26)5/h9,20-21,23-27H,6-8,10-19H2,1-5H3,(H,32,33)/t21-,23+,24-,25+,26-,27-,30+,31-/m1/s1. The van der Waals surface area contributed by atoms with Crippen molar-refractivity contribution >= 4 is 11.9 Å². The second kappa shape index (κ2) is 10.6. The highest BCUT2D eigenvalue weighted by Gasteiger charge is 2.59. The Hall–Kier alpha value is -1.32. The Balaban J connectivity index is 1.40. The van der Waals surface area contributed by atoms with Gasteiger partial charge in [0.25, 0.3) is 0 Å². The van der Waals surface area contributed by atoms with Gasteiger partial charge < -0.3 is 9.84 Å². The van der Waals surface area contributed by atoms with Crippen LogP contribution in [-0.4, -0.2) is 23.1 Å². The van der Waals surface area contributed by atoms with E-state index in [2.05, 4.69) is 40.7 Å². The topological polar surface area (TPSA) is 63.6 Å². The number of ether oxygens (including phenoxy) is 1. The van der Waals surface area contributed by atoms with Gasteiger partial charge in [0.15, 0.2) is 0 Å². The van der Waals surface area contributed by atoms with E-state index in [1.165, 1.54) is 56.9 Å². The summed E-state index contributed by atoms with van der Waals surface area (Å²) in [4.78, 5) is 22.9. The monoisotopic (exact) mass is 486 g/mol. The van der Waals surface area contributed by atoms with Crippen molar-refractivity contribution in [1.29, 1.82) is 0 Å². The summed E-state index contributed by atoms with van der Waals surface area (Å²) in [6.45, 7) is 12.4. The van der Waals surface area contributed by atoms with Gasteiger partial charge in [-0.3, -0.25) is 9.59 Å². The zero-order valence-corrected chi connectivity index (χ0v) is 23.0. The Bertz CT molecular complexity index is 815. The van der Waals surface area contributed by atoms with Crippen LogP contribution in [0.4, 0.5) is 0 Å². The van der Waals surface area contributed by atoms with Crippen LogP contribution in [0.15, 0.2) is 11.6 Å². The first-order valence-electron chi connectivity index (χ1n) is 14.7. The molecule has 0 aromatic rings. The van der Waals surface area contributed by atoms with Crippen LogP contribution in [0.3, 0.4) is 0 Å². The van der Waals surface area contributed by atoms with Crippen molar-refractivity contribution < 1.29 is 19.4 Å². The van der Waals surface area contributed by atoms with Gasteiger partial charge in [0, 0.05) is 6.42 Å². The highest BCUT2D eigenvalue weighted by molar-refractivity contribution is 5.76. The van der Waals surface area contributed by atoms with E-state index < -0.39 is 5.97 Å². The van der Waals surface area contributed by atoms with Gasteiger partial charge in [-0.15, -0.1) is 0 Å². The lowest BCUT2D eigenvalue weighted by Crippen LogP contribution is -2.51. The van der Waals surface area contributed by atoms with Crippen molar-refractivity contribution in [3.63, 3.8) is 0 Å². The van der Waals surface area contributed by atoms with Crippen LogP contribution < -0.4 is 0 Å². The van der Waals surface area contributed by atoms with Crippen molar-refractivity contribution in [3.05, 3.63) is 11.6 Å². The molecule has 0 radical (unpaired) electrons. The third-order valence-electron chi connectivity index (χ3n) is 11.1. The Labute approximate surface area is 213 Å². The number of aliphatic carboxylic acids is 1. The number of fused-ring (bicyclic) bond motifs is 5. The van der Waals surface area contributed by atoms with Crippen molar-refractivity contribution in [2.45, 2.75) is 124 Å². The predicted octanol–water partition coefficient (Wildman–Crippen LogP) is 7.80. The maximum atomic E-state index is 12.1. The normalized spacial score (nSPS) is 39.3. The number of hydrogen-bond acceptors (Lipinski definition) is 3. The zero-order chi connectivity index (χ0) is 25.4. The minimum Gasteiger partial charge on any atom is -0.481 e. The Kier molecular flexibility index (Phi) is 8.08. The molecule has 35 heavy (non-hydrogen) atoms. The maximum Gasteiger partial charge on any atom is 0.306 e. The van der Waals surface area contributed by atoms with Crippen LogP contribution >= 0.6 is 0 Å². The molecule has 0 saturated heterocycles. The fraction of sp³-hybridized carbons (Fsp3) is 0.871. The third-order valence-corrected chi connectivity index (χ3v) is 11.1. The smallest absolute Gasteiger partial charge is 0.306 e. The van der Waals surface area contributed by atoms with Gasteiger partial charge in [-0.25, -0.2) is 0 Å². The molecule has 4 heteroatoms. The fourth-order valence-electron chi connectivity index (χ4n) is 9.21. The van der Waals surface area contributed by atoms with E-state index in [-0.39, 0.29) is 30.3 Å². The SMILES string of the molecule is CC(C)CCC[C@@H](C)[C@@H]1CC[C@@H]2[C@H]3CC=C4C[C@@H](OC(=O)CCC(=O)O)CC[C@]4(C)[C@@H]3CC[C@@]21C. The minimum atomic E-state index is -0.942. The quantitative estimate of drug-likeness (QED) is 0.267. The number of rotatable bonds is 9. The number of esters is 1. The van der Waals surface area contributed by atoms with E-state index in [4.69, 9.17) is 9.84 Å². The molecule has 4 aliphatic carbocycles. The number of hydrogen-bond donors (Lipinski definition) is 1. The molecule has 198 valence electrons. The van der Waals surface area contributed by atoms with Crippen LogP contribution in [0.25, 0.3) is 0 Å². The first-order chi connectivity index (χ1) is 16.5. The van der Waals surface area contributed by atoms with Crippen molar-refractivity contribution in [2.24, 2.45) is 46.3 Å². The van der Waals surface area contributed by atoms with E-state index in [1.807, 2.05) is 0 Å². The summed E-state index contributed by atoms with van der Waals surface area (Å²) in [6, 6.07) is 0. The van der Waals surface area contributed by atoms with E-state index in [1.54, 1.807) is 0 Å². The van der Waals surface area contributed by atoms with Gasteiger partial charge in [-0.05, 0) is 91.3 Å². The lowest BCUT2D eigenvalue weighted by molar-refractivity contribution is -0.154. The van der Waals surface area contributed by atoms with E-state index in [9.17, 15) is 9.59 Å². The second-order valence-electron chi connectivity index (χ2n) is 13.5. The third kappa shape index (κ3) is 5.37. The minimum absolute atomic E-state index is 0.0236. The number of allylic oxidation sites excluding steroid dienone is 1. The van der Waals surface area contributed by atoms with Gasteiger partial charge in [0.1, 0.15) is 6.10 Å². The molecule has 4 rings (SSSR count). The molecule has 0 unspecified atom stereocenters. The van der Waals surface area contributed by atoms with Crippen molar-refractivity contribution in [2.75, 3.05) is 0 Å². The van der Waals surface area contributed by atoms with Crippen LogP contribution in [0.2, 0.25) is 0 Å². The Morgan fingerprint density at radius 2 is 1.80 bits per heavy atom. The second-order valence-corrected chi connectivity index (χ2v) is 13.5. The molecule has 8 atom stereocenters. The average molecular weight is 487 g/mol. The molecule has 0 amide bonds. The lowest BCUT2D eigenvalue weighted by atomic mass is 9.47. The van der Waals surface area contributed by atoms with Gasteiger partial charge in [-0.2, -0.15) is 0 Å². The zero-order valence-electron chi connectivity index (χ0n) is 23.0. The molecule has 0 heterocycles. The molecule has 0 aromatic heterocycles. The molecule has 1 N–H and O–H groups in total. The molecular weight excluding hydrogens is 436 g/mol. The molecule has 3 fully saturated rings. The van der Waals surface area contributed by atoms with Crippen LogP contribution in [0.5, 0.6) is 0 Å². The van der Waals surface area contributed by atoms with Gasteiger partial charge in [-0.1, -0.05) is 65.5 Å². The summed E-state index contributed by atoms with van der Waals surface area (Å²) in [5.41, 5.74) is 2.27. The van der Waals surface area contributed by atoms with Crippen molar-refractivity contribution in [3.8, 4) is 0 Å². The van der Waals surface area contributed by atoms with Crippen molar-refractivity contribution in [1.82, 2.24) is 0 Å². The first-order valence-corrected chi connectivity index (χ1v) is 14.7. The number of carboxylic acids is 1. The average Bonchev–Trinajstić information content (AvgIpc) is 3.15. The molecule has 4 aliphatic rings. The molecule has 0 bridgehead atoms. The highest BCUT2D eigenvalue weighted by Crippen LogP contribution is 2.67. The Morgan fingerprint density at radius 1 is 1.03 bits per heavy atom. The Morgan fingerprint density at radius 3 is 2.51 bits per heavy atom. The predicted molar refractivity (Wildman–Crippen MR) is 140 cm³/mol. The van der Waals surface area contributed by atoms with Crippen LogP contribution in [0, 0.1) is 46.3 Å². The summed E-state index contributed by atoms with van der Waals surface area (Å²) in [7, 11) is 0. The van der Waals surface area contributed by atoms with E-state index in [0.717, 1.165) is 54.8 Å². The van der Waals surface area contributed by atoms with Crippen LogP contribution in [0.1, 0.15) is 118 Å². The van der Waals surface area contributed by atoms with E-state index >= 15 is 0 Å². The van der Waals surface area contributed by atoms with E-state index in [0.29, 0.717) is 5.41 Å². The number of carbonyl (C=O) groups excluding carboxylic acids is 1. The van der Waals surface area contributed by atoms with Crippen LogP contribution in [-0.2, 0) is 14.3 Å². The summed E-state index contributed by atoms with van der Waals surface area (Å²) in [5, 5.41) is 8.84. The fourth-order valence-corrected chi connectivity index (χ4v) is 9.21. The van der Waals surface area contributed by atoms with Gasteiger partial charge in [0.05, 0.1) is 12.8 Å². The van der Waals surface area contributed by atoms with Gasteiger partial charge in [0.2, 0.25) is 0 Å². The number of carbonyl (C=O) groups is 2. The summed E-state index contributed by atoms with van der Waals surface area (Å²) < 4.78 is 5.70. The lowest BCUT2D eigenvalue weighted by Gasteiger charge is -2.58. The summed E-state index contributed by atoms with van der Waals surface area (Å²) in [5.74, 6) is 3.68. The first kappa shape index (κ1) is 26.7. The molecule has 4 nitrogen and oxygen atoms in total. The highest BCUT2D eigenvalue weighted by atomic mass is 16.5. The number of carboxylic acid groups (broad SMARTS) is 1. The molecular formula is C31H50O4. The molecule has 0 spiro atoms. The molecule has 0 aliphatic heterocycles. The largest absolute Gasteiger partial charge is 0.481 e. The van der Waals surface area contributed by atoms with Gasteiger partial charge >= 0.3 is 11.9 Å².